The average molecular weight is 570 g/mol. The SMILES string of the molecule is Cc1ccccc1CCOc1ccc2oc(C(=O)CC(CCn3nnc4ccccc4c3=O)(C(=O)O)C(=O)O)cc2c1. The zero-order valence-corrected chi connectivity index (χ0v) is 22.6. The summed E-state index contributed by atoms with van der Waals surface area (Å²) in [5.41, 5.74) is -0.0311. The lowest BCUT2D eigenvalue weighted by Crippen LogP contribution is -2.43. The van der Waals surface area contributed by atoms with E-state index in [9.17, 15) is 29.4 Å². The Hall–Kier alpha value is -5.32. The van der Waals surface area contributed by atoms with Gasteiger partial charge in [-0.05, 0) is 60.9 Å². The van der Waals surface area contributed by atoms with Gasteiger partial charge in [0, 0.05) is 24.8 Å². The van der Waals surface area contributed by atoms with Gasteiger partial charge in [-0.3, -0.25) is 19.2 Å². The Bertz CT molecular complexity index is 1860. The minimum Gasteiger partial charge on any atom is -0.493 e. The fourth-order valence-electron chi connectivity index (χ4n) is 4.79. The Morgan fingerprint density at radius 1 is 0.976 bits per heavy atom. The third kappa shape index (κ3) is 5.62. The number of aromatic nitrogens is 3. The first-order chi connectivity index (χ1) is 20.2. The molecule has 2 N–H and O–H groups in total. The molecule has 0 aliphatic carbocycles. The maximum atomic E-state index is 13.2. The van der Waals surface area contributed by atoms with Crippen LogP contribution in [0.1, 0.15) is 34.5 Å². The summed E-state index contributed by atoms with van der Waals surface area (Å²) in [6.07, 6.45) is -0.772. The van der Waals surface area contributed by atoms with Crippen molar-refractivity contribution in [1.29, 1.82) is 0 Å². The first-order valence-electron chi connectivity index (χ1n) is 13.2. The molecule has 0 bridgehead atoms. The molecule has 11 heteroatoms. The number of carbonyl (C=O) groups excluding carboxylic acids is 1. The van der Waals surface area contributed by atoms with E-state index in [1.807, 2.05) is 31.2 Å². The molecule has 5 aromatic rings. The Kier molecular flexibility index (Phi) is 7.83. The fraction of sp³-hybridized carbons (Fsp3) is 0.226. The number of nitrogens with zero attached hydrogens (tertiary/aromatic N) is 3. The smallest absolute Gasteiger partial charge is 0.321 e. The molecule has 0 atom stereocenters. The maximum absolute atomic E-state index is 13.2. The lowest BCUT2D eigenvalue weighted by Gasteiger charge is -2.23. The quantitative estimate of drug-likeness (QED) is 0.164. The molecule has 214 valence electrons. The van der Waals surface area contributed by atoms with Gasteiger partial charge in [0.25, 0.3) is 5.56 Å². The van der Waals surface area contributed by atoms with Gasteiger partial charge in [0.05, 0.1) is 12.0 Å². The summed E-state index contributed by atoms with van der Waals surface area (Å²) in [6.45, 7) is 2.09. The number of benzene rings is 3. The van der Waals surface area contributed by atoms with Gasteiger partial charge in [-0.15, -0.1) is 5.10 Å². The zero-order valence-electron chi connectivity index (χ0n) is 22.6. The van der Waals surface area contributed by atoms with Gasteiger partial charge in [0.2, 0.25) is 0 Å². The fourth-order valence-corrected chi connectivity index (χ4v) is 4.79. The van der Waals surface area contributed by atoms with Crippen LogP contribution in [0.15, 0.2) is 82.0 Å². The third-order valence-electron chi connectivity index (χ3n) is 7.32. The van der Waals surface area contributed by atoms with E-state index in [0.29, 0.717) is 35.3 Å². The number of aryl methyl sites for hydroxylation is 2. The van der Waals surface area contributed by atoms with Crippen molar-refractivity contribution in [2.75, 3.05) is 6.61 Å². The molecular weight excluding hydrogens is 542 g/mol. The van der Waals surface area contributed by atoms with E-state index < -0.39 is 41.5 Å². The molecule has 2 heterocycles. The predicted octanol–water partition coefficient (Wildman–Crippen LogP) is 4.29. The van der Waals surface area contributed by atoms with E-state index in [1.54, 1.807) is 36.4 Å². The van der Waals surface area contributed by atoms with Crippen molar-refractivity contribution < 1.29 is 33.8 Å². The van der Waals surface area contributed by atoms with Crippen LogP contribution in [0.25, 0.3) is 21.9 Å². The van der Waals surface area contributed by atoms with Crippen LogP contribution in [-0.4, -0.2) is 49.5 Å². The van der Waals surface area contributed by atoms with Crippen LogP contribution < -0.4 is 10.3 Å². The van der Waals surface area contributed by atoms with Crippen LogP contribution >= 0.6 is 0 Å². The van der Waals surface area contributed by atoms with Crippen molar-refractivity contribution in [3.05, 3.63) is 100 Å². The second-order valence-electron chi connectivity index (χ2n) is 10.0. The molecule has 0 unspecified atom stereocenters. The highest BCUT2D eigenvalue weighted by Gasteiger charge is 2.48. The van der Waals surface area contributed by atoms with Gasteiger partial charge < -0.3 is 19.4 Å². The summed E-state index contributed by atoms with van der Waals surface area (Å²) < 4.78 is 12.4. The molecule has 0 amide bonds. The number of hydrogen-bond donors (Lipinski definition) is 2. The molecule has 11 nitrogen and oxygen atoms in total. The average Bonchev–Trinajstić information content (AvgIpc) is 3.41. The number of carboxylic acid groups (broad SMARTS) is 2. The standard InChI is InChI=1S/C31H27N3O8/c1-19-6-2-3-7-20(19)12-15-41-22-10-11-26-21(16-22)17-27(42-26)25(35)18-31(29(37)38,30(39)40)13-14-34-28(36)23-8-4-5-9-24(23)32-33-34/h2-11,16-17H,12-15,18H2,1H3,(H,37,38)(H,39,40). The summed E-state index contributed by atoms with van der Waals surface area (Å²) in [5, 5.41) is 28.5. The predicted molar refractivity (Wildman–Crippen MR) is 152 cm³/mol. The molecule has 0 fully saturated rings. The maximum Gasteiger partial charge on any atom is 0.321 e. The van der Waals surface area contributed by atoms with Gasteiger partial charge >= 0.3 is 11.9 Å². The number of ether oxygens (including phenoxy) is 1. The van der Waals surface area contributed by atoms with E-state index in [1.165, 1.54) is 23.3 Å². The molecule has 0 spiro atoms. The number of hydrogen-bond acceptors (Lipinski definition) is 8. The van der Waals surface area contributed by atoms with E-state index in [0.717, 1.165) is 4.68 Å². The van der Waals surface area contributed by atoms with Crippen LogP contribution in [0.3, 0.4) is 0 Å². The number of ketones is 1. The van der Waals surface area contributed by atoms with Crippen LogP contribution in [0, 0.1) is 12.3 Å². The largest absolute Gasteiger partial charge is 0.493 e. The van der Waals surface area contributed by atoms with Gasteiger partial charge in [0.15, 0.2) is 17.0 Å². The van der Waals surface area contributed by atoms with Crippen LogP contribution in [0.2, 0.25) is 0 Å². The molecule has 0 radical (unpaired) electrons. The molecule has 5 rings (SSSR count). The number of carboxylic acids is 2. The van der Waals surface area contributed by atoms with Gasteiger partial charge in [-0.2, -0.15) is 0 Å². The summed E-state index contributed by atoms with van der Waals surface area (Å²) in [4.78, 5) is 50.5. The zero-order chi connectivity index (χ0) is 29.9. The normalized spacial score (nSPS) is 11.5. The summed E-state index contributed by atoms with van der Waals surface area (Å²) in [6, 6.07) is 20.9. The minimum absolute atomic E-state index is 0.184. The molecule has 0 saturated heterocycles. The van der Waals surface area contributed by atoms with E-state index in [-0.39, 0.29) is 17.7 Å². The number of carbonyl (C=O) groups is 3. The molecule has 2 aromatic heterocycles. The minimum atomic E-state index is -2.54. The number of Topliss-reactive ketones (excluding diaryl/α,β-unsaturated/α-hetero) is 1. The molecular formula is C31H27N3O8. The Morgan fingerprint density at radius 3 is 2.48 bits per heavy atom. The van der Waals surface area contributed by atoms with Crippen molar-refractivity contribution in [3.8, 4) is 5.75 Å². The van der Waals surface area contributed by atoms with Gasteiger partial charge in [-0.25, -0.2) is 4.68 Å². The van der Waals surface area contributed by atoms with Crippen LogP contribution in [0.5, 0.6) is 5.75 Å². The second kappa shape index (κ2) is 11.7. The summed E-state index contributed by atoms with van der Waals surface area (Å²) >= 11 is 0. The second-order valence-corrected chi connectivity index (χ2v) is 10.0. The van der Waals surface area contributed by atoms with Crippen molar-refractivity contribution in [1.82, 2.24) is 15.0 Å². The lowest BCUT2D eigenvalue weighted by molar-refractivity contribution is -0.165. The molecule has 3 aromatic carbocycles. The van der Waals surface area contributed by atoms with Crippen LogP contribution in [0.4, 0.5) is 0 Å². The lowest BCUT2D eigenvalue weighted by atomic mass is 9.79. The van der Waals surface area contributed by atoms with E-state index in [2.05, 4.69) is 10.3 Å². The Labute approximate surface area is 239 Å². The topological polar surface area (TPSA) is 162 Å². The number of rotatable bonds is 12. The van der Waals surface area contributed by atoms with Crippen molar-refractivity contribution >= 4 is 39.6 Å². The van der Waals surface area contributed by atoms with E-state index >= 15 is 0 Å². The van der Waals surface area contributed by atoms with Crippen LogP contribution in [-0.2, 0) is 22.6 Å². The van der Waals surface area contributed by atoms with Gasteiger partial charge in [0.1, 0.15) is 16.8 Å². The summed E-state index contributed by atoms with van der Waals surface area (Å²) in [5.74, 6) is -3.87. The number of aliphatic carboxylic acids is 2. The first-order valence-corrected chi connectivity index (χ1v) is 13.2. The van der Waals surface area contributed by atoms with Crippen molar-refractivity contribution in [3.63, 3.8) is 0 Å². The van der Waals surface area contributed by atoms with Crippen molar-refractivity contribution in [2.45, 2.75) is 32.7 Å². The monoisotopic (exact) mass is 569 g/mol. The highest BCUT2D eigenvalue weighted by Crippen LogP contribution is 2.32. The number of fused-ring (bicyclic) bond motifs is 2. The van der Waals surface area contributed by atoms with E-state index in [4.69, 9.17) is 9.15 Å². The Balaban J connectivity index is 1.32. The van der Waals surface area contributed by atoms with Crippen molar-refractivity contribution in [2.24, 2.45) is 5.41 Å². The highest BCUT2D eigenvalue weighted by atomic mass is 16.5. The highest BCUT2D eigenvalue weighted by molar-refractivity contribution is 6.06. The Morgan fingerprint density at radius 2 is 1.71 bits per heavy atom. The third-order valence-corrected chi connectivity index (χ3v) is 7.32. The number of furan rings is 1. The molecule has 0 aliphatic heterocycles. The molecule has 0 aliphatic rings. The molecule has 0 saturated carbocycles. The summed E-state index contributed by atoms with van der Waals surface area (Å²) in [7, 11) is 0. The first kappa shape index (κ1) is 28.2. The van der Waals surface area contributed by atoms with Gasteiger partial charge in [-0.1, -0.05) is 41.6 Å². The molecule has 42 heavy (non-hydrogen) atoms.